The van der Waals surface area contributed by atoms with Crippen LogP contribution in [0.15, 0.2) is 17.5 Å². The maximum atomic E-state index is 12.6. The first-order chi connectivity index (χ1) is 9.67. The van der Waals surface area contributed by atoms with Crippen LogP contribution in [0.25, 0.3) is 0 Å². The zero-order valence-corrected chi connectivity index (χ0v) is 12.9. The minimum atomic E-state index is -0.310. The monoisotopic (exact) mass is 293 g/mol. The van der Waals surface area contributed by atoms with Gasteiger partial charge in [0.25, 0.3) is 0 Å². The molecule has 1 aromatic heterocycles. The Bertz CT molecular complexity index is 446. The first-order valence-corrected chi connectivity index (χ1v) is 8.34. The largest absolute Gasteiger partial charge is 0.339 e. The fourth-order valence-electron chi connectivity index (χ4n) is 3.16. The van der Waals surface area contributed by atoms with Gasteiger partial charge in [-0.15, -0.1) is 11.3 Å². The highest BCUT2D eigenvalue weighted by Crippen LogP contribution is 2.22. The molecule has 110 valence electrons. The summed E-state index contributed by atoms with van der Waals surface area (Å²) in [6, 6.07) is 4.29. The van der Waals surface area contributed by atoms with E-state index in [0.717, 1.165) is 52.1 Å². The van der Waals surface area contributed by atoms with E-state index in [-0.39, 0.29) is 5.54 Å². The molecule has 2 fully saturated rings. The molecule has 4 nitrogen and oxygen atoms in total. The predicted molar refractivity (Wildman–Crippen MR) is 81.8 cm³/mol. The molecule has 0 saturated carbocycles. The van der Waals surface area contributed by atoms with E-state index in [1.807, 2.05) is 16.2 Å². The SMILES string of the molecule is CC1(C(=O)N2CCN(Cc3cccs3)CC2)CCCN1. The van der Waals surface area contributed by atoms with E-state index in [2.05, 4.69) is 34.7 Å². The van der Waals surface area contributed by atoms with Gasteiger partial charge in [0.1, 0.15) is 0 Å². The molecule has 20 heavy (non-hydrogen) atoms. The molecule has 1 unspecified atom stereocenters. The number of rotatable bonds is 3. The number of carbonyl (C=O) groups excluding carboxylic acids is 1. The zero-order chi connectivity index (χ0) is 14.0. The van der Waals surface area contributed by atoms with Crippen molar-refractivity contribution in [3.05, 3.63) is 22.4 Å². The maximum Gasteiger partial charge on any atom is 0.242 e. The number of nitrogens with one attached hydrogen (secondary N) is 1. The standard InChI is InChI=1S/C15H23N3OS/c1-15(5-3-6-16-15)14(19)18-9-7-17(8-10-18)12-13-4-2-11-20-13/h2,4,11,16H,3,5-10,12H2,1H3. The molecule has 0 radical (unpaired) electrons. The van der Waals surface area contributed by atoms with Crippen molar-refractivity contribution in [3.63, 3.8) is 0 Å². The van der Waals surface area contributed by atoms with Gasteiger partial charge in [-0.1, -0.05) is 6.07 Å². The third kappa shape index (κ3) is 2.90. The fourth-order valence-corrected chi connectivity index (χ4v) is 3.90. The molecule has 1 N–H and O–H groups in total. The van der Waals surface area contributed by atoms with E-state index in [9.17, 15) is 4.79 Å². The third-order valence-electron chi connectivity index (χ3n) is 4.46. The number of hydrogen-bond acceptors (Lipinski definition) is 4. The molecular weight excluding hydrogens is 270 g/mol. The number of carbonyl (C=O) groups is 1. The van der Waals surface area contributed by atoms with Gasteiger partial charge >= 0.3 is 0 Å². The third-order valence-corrected chi connectivity index (χ3v) is 5.32. The van der Waals surface area contributed by atoms with Gasteiger partial charge in [-0.3, -0.25) is 9.69 Å². The van der Waals surface area contributed by atoms with Crippen LogP contribution in [0.4, 0.5) is 0 Å². The average molecular weight is 293 g/mol. The smallest absolute Gasteiger partial charge is 0.242 e. The molecule has 0 aliphatic carbocycles. The van der Waals surface area contributed by atoms with Crippen molar-refractivity contribution in [1.82, 2.24) is 15.1 Å². The van der Waals surface area contributed by atoms with Gasteiger partial charge in [0, 0.05) is 37.6 Å². The maximum absolute atomic E-state index is 12.6. The van der Waals surface area contributed by atoms with Crippen LogP contribution in [0.1, 0.15) is 24.6 Å². The van der Waals surface area contributed by atoms with E-state index < -0.39 is 0 Å². The summed E-state index contributed by atoms with van der Waals surface area (Å²) in [4.78, 5) is 18.5. The van der Waals surface area contributed by atoms with Crippen LogP contribution in [0.3, 0.4) is 0 Å². The van der Waals surface area contributed by atoms with Gasteiger partial charge in [0.2, 0.25) is 5.91 Å². The summed E-state index contributed by atoms with van der Waals surface area (Å²) >= 11 is 1.81. The number of amides is 1. The summed E-state index contributed by atoms with van der Waals surface area (Å²) in [5.74, 6) is 0.297. The molecule has 0 aromatic carbocycles. The minimum absolute atomic E-state index is 0.297. The Labute approximate surface area is 124 Å². The molecule has 3 rings (SSSR count). The normalized spacial score (nSPS) is 27.9. The lowest BCUT2D eigenvalue weighted by molar-refractivity contribution is -0.139. The molecule has 1 aromatic rings. The number of piperazine rings is 1. The molecular formula is C15H23N3OS. The van der Waals surface area contributed by atoms with E-state index in [0.29, 0.717) is 5.91 Å². The van der Waals surface area contributed by atoms with Crippen LogP contribution in [0.2, 0.25) is 0 Å². The summed E-state index contributed by atoms with van der Waals surface area (Å²) in [7, 11) is 0. The second-order valence-electron chi connectivity index (χ2n) is 6.01. The summed E-state index contributed by atoms with van der Waals surface area (Å²) in [5.41, 5.74) is -0.310. The highest BCUT2D eigenvalue weighted by Gasteiger charge is 2.39. The van der Waals surface area contributed by atoms with Crippen LogP contribution < -0.4 is 5.32 Å². The van der Waals surface area contributed by atoms with Gasteiger partial charge in [0.05, 0.1) is 5.54 Å². The molecule has 1 amide bonds. The Morgan fingerprint density at radius 3 is 2.80 bits per heavy atom. The van der Waals surface area contributed by atoms with Crippen molar-refractivity contribution in [2.75, 3.05) is 32.7 Å². The van der Waals surface area contributed by atoms with Crippen LogP contribution in [-0.2, 0) is 11.3 Å². The van der Waals surface area contributed by atoms with Crippen molar-refractivity contribution in [3.8, 4) is 0 Å². The Morgan fingerprint density at radius 1 is 1.40 bits per heavy atom. The van der Waals surface area contributed by atoms with Crippen molar-refractivity contribution in [2.45, 2.75) is 31.8 Å². The summed E-state index contributed by atoms with van der Waals surface area (Å²) < 4.78 is 0. The lowest BCUT2D eigenvalue weighted by Gasteiger charge is -2.38. The Kier molecular flexibility index (Phi) is 4.10. The average Bonchev–Trinajstić information content (AvgIpc) is 3.11. The van der Waals surface area contributed by atoms with E-state index in [4.69, 9.17) is 0 Å². The molecule has 2 saturated heterocycles. The zero-order valence-electron chi connectivity index (χ0n) is 12.1. The summed E-state index contributed by atoms with van der Waals surface area (Å²) in [6.45, 7) is 7.75. The molecule has 2 aliphatic heterocycles. The van der Waals surface area contributed by atoms with Crippen molar-refractivity contribution < 1.29 is 4.79 Å². The quantitative estimate of drug-likeness (QED) is 0.918. The molecule has 0 bridgehead atoms. The highest BCUT2D eigenvalue weighted by atomic mass is 32.1. The first-order valence-electron chi connectivity index (χ1n) is 7.46. The number of hydrogen-bond donors (Lipinski definition) is 1. The van der Waals surface area contributed by atoms with Gasteiger partial charge in [0.15, 0.2) is 0 Å². The Balaban J connectivity index is 1.52. The highest BCUT2D eigenvalue weighted by molar-refractivity contribution is 7.09. The molecule has 3 heterocycles. The summed E-state index contributed by atoms with van der Waals surface area (Å²) in [6.07, 6.45) is 2.09. The van der Waals surface area contributed by atoms with E-state index in [1.165, 1.54) is 4.88 Å². The Morgan fingerprint density at radius 2 is 2.20 bits per heavy atom. The van der Waals surface area contributed by atoms with E-state index >= 15 is 0 Å². The van der Waals surface area contributed by atoms with Gasteiger partial charge in [-0.2, -0.15) is 0 Å². The first kappa shape index (κ1) is 14.0. The van der Waals surface area contributed by atoms with Crippen molar-refractivity contribution in [2.24, 2.45) is 0 Å². The second-order valence-corrected chi connectivity index (χ2v) is 7.04. The lowest BCUT2D eigenvalue weighted by atomic mass is 9.98. The minimum Gasteiger partial charge on any atom is -0.339 e. The number of nitrogens with zero attached hydrogens (tertiary/aromatic N) is 2. The lowest BCUT2D eigenvalue weighted by Crippen LogP contribution is -2.57. The van der Waals surface area contributed by atoms with E-state index in [1.54, 1.807) is 0 Å². The summed E-state index contributed by atoms with van der Waals surface area (Å²) in [5, 5.41) is 5.50. The van der Waals surface area contributed by atoms with Crippen LogP contribution in [0, 0.1) is 0 Å². The predicted octanol–water partition coefficient (Wildman–Crippen LogP) is 1.53. The second kappa shape index (κ2) is 5.84. The van der Waals surface area contributed by atoms with Gasteiger partial charge in [-0.05, 0) is 37.8 Å². The van der Waals surface area contributed by atoms with Crippen molar-refractivity contribution in [1.29, 1.82) is 0 Å². The number of thiophene rings is 1. The topological polar surface area (TPSA) is 35.6 Å². The van der Waals surface area contributed by atoms with Crippen LogP contribution >= 0.6 is 11.3 Å². The molecule has 1 atom stereocenters. The van der Waals surface area contributed by atoms with Gasteiger partial charge < -0.3 is 10.2 Å². The van der Waals surface area contributed by atoms with Crippen molar-refractivity contribution >= 4 is 17.2 Å². The van der Waals surface area contributed by atoms with Crippen LogP contribution in [0.5, 0.6) is 0 Å². The fraction of sp³-hybridized carbons (Fsp3) is 0.667. The van der Waals surface area contributed by atoms with Gasteiger partial charge in [-0.25, -0.2) is 0 Å². The molecule has 5 heteroatoms. The molecule has 2 aliphatic rings. The Hall–Kier alpha value is -0.910. The molecule has 0 spiro atoms. The van der Waals surface area contributed by atoms with Crippen LogP contribution in [-0.4, -0.2) is 54.0 Å².